The van der Waals surface area contributed by atoms with Crippen LogP contribution in [0, 0.1) is 10.1 Å². The number of hydrogen-bond acceptors (Lipinski definition) is 4. The highest BCUT2D eigenvalue weighted by Crippen LogP contribution is 2.30. The number of nitro benzene ring substituents is 1. The number of halogens is 4. The van der Waals surface area contributed by atoms with Crippen LogP contribution < -0.4 is 10.1 Å². The van der Waals surface area contributed by atoms with E-state index in [1.807, 2.05) is 0 Å². The molecule has 1 N–H and O–H groups in total. The van der Waals surface area contributed by atoms with Crippen molar-refractivity contribution in [3.8, 4) is 5.75 Å². The summed E-state index contributed by atoms with van der Waals surface area (Å²) in [6.07, 6.45) is 0. The molecule has 0 radical (unpaired) electrons. The van der Waals surface area contributed by atoms with E-state index in [9.17, 15) is 23.7 Å². The Morgan fingerprint density at radius 2 is 1.88 bits per heavy atom. The van der Waals surface area contributed by atoms with Gasteiger partial charge in [0, 0.05) is 17.3 Å². The van der Waals surface area contributed by atoms with Crippen molar-refractivity contribution in [2.45, 2.75) is 6.61 Å². The van der Waals surface area contributed by atoms with E-state index < -0.39 is 23.1 Å². The van der Waals surface area contributed by atoms with Crippen molar-refractivity contribution >= 4 is 40.5 Å². The van der Waals surface area contributed by atoms with Gasteiger partial charge in [-0.05, 0) is 30.3 Å². The summed E-state index contributed by atoms with van der Waals surface area (Å²) in [6.45, 7) is -3.03. The largest absolute Gasteiger partial charge is 0.433 e. The highest BCUT2D eigenvalue weighted by atomic mass is 35.5. The Bertz CT molecular complexity index is 802. The normalized spacial score (nSPS) is 10.5. The van der Waals surface area contributed by atoms with Crippen LogP contribution in [0.5, 0.6) is 5.75 Å². The van der Waals surface area contributed by atoms with E-state index in [4.69, 9.17) is 23.2 Å². The van der Waals surface area contributed by atoms with E-state index in [0.717, 1.165) is 12.1 Å². The molecule has 2 rings (SSSR count). The van der Waals surface area contributed by atoms with Gasteiger partial charge in [-0.15, -0.1) is 0 Å². The van der Waals surface area contributed by atoms with Gasteiger partial charge >= 0.3 is 6.61 Å². The Balaban J connectivity index is 2.19. The number of alkyl halides is 2. The van der Waals surface area contributed by atoms with Crippen LogP contribution in [0.2, 0.25) is 10.0 Å². The quantitative estimate of drug-likeness (QED) is 0.602. The lowest BCUT2D eigenvalue weighted by atomic mass is 10.2. The summed E-state index contributed by atoms with van der Waals surface area (Å²) in [5.74, 6) is -0.903. The second kappa shape index (κ2) is 7.41. The Morgan fingerprint density at radius 1 is 1.17 bits per heavy atom. The van der Waals surface area contributed by atoms with Crippen LogP contribution in [-0.4, -0.2) is 17.4 Å². The average Bonchev–Trinajstić information content (AvgIpc) is 2.49. The second-order valence-electron chi connectivity index (χ2n) is 4.40. The van der Waals surface area contributed by atoms with Crippen molar-refractivity contribution in [2.24, 2.45) is 0 Å². The van der Waals surface area contributed by atoms with Crippen LogP contribution in [0.15, 0.2) is 36.4 Å². The van der Waals surface area contributed by atoms with Crippen molar-refractivity contribution in [2.75, 3.05) is 5.32 Å². The minimum atomic E-state index is -3.03. The third-order valence-corrected chi connectivity index (χ3v) is 3.43. The van der Waals surface area contributed by atoms with Gasteiger partial charge < -0.3 is 10.1 Å². The third-order valence-electron chi connectivity index (χ3n) is 2.81. The van der Waals surface area contributed by atoms with Crippen molar-refractivity contribution in [3.05, 3.63) is 62.1 Å². The number of amides is 1. The first-order chi connectivity index (χ1) is 11.3. The zero-order valence-electron chi connectivity index (χ0n) is 11.6. The lowest BCUT2D eigenvalue weighted by Crippen LogP contribution is -2.12. The van der Waals surface area contributed by atoms with Gasteiger partial charge in [0.05, 0.1) is 9.95 Å². The molecule has 0 spiro atoms. The average molecular weight is 377 g/mol. The molecule has 1 amide bonds. The molecule has 0 aliphatic heterocycles. The van der Waals surface area contributed by atoms with Crippen LogP contribution in [0.3, 0.4) is 0 Å². The summed E-state index contributed by atoms with van der Waals surface area (Å²) in [7, 11) is 0. The fourth-order valence-electron chi connectivity index (χ4n) is 1.77. The summed E-state index contributed by atoms with van der Waals surface area (Å²) < 4.78 is 28.5. The number of hydrogen-bond donors (Lipinski definition) is 1. The highest BCUT2D eigenvalue weighted by Gasteiger charge is 2.17. The molecule has 0 bridgehead atoms. The van der Waals surface area contributed by atoms with E-state index in [1.54, 1.807) is 0 Å². The Morgan fingerprint density at radius 3 is 2.46 bits per heavy atom. The Hall–Kier alpha value is -2.45. The van der Waals surface area contributed by atoms with Crippen molar-refractivity contribution in [1.29, 1.82) is 0 Å². The van der Waals surface area contributed by atoms with Gasteiger partial charge in [-0.25, -0.2) is 0 Å². The molecule has 0 aliphatic carbocycles. The van der Waals surface area contributed by atoms with Gasteiger partial charge in [0.1, 0.15) is 10.8 Å². The molecular formula is C14H8Cl2F2N2O4. The lowest BCUT2D eigenvalue weighted by Gasteiger charge is -2.09. The van der Waals surface area contributed by atoms with Crippen LogP contribution >= 0.6 is 23.2 Å². The van der Waals surface area contributed by atoms with Crippen LogP contribution in [0.25, 0.3) is 0 Å². The summed E-state index contributed by atoms with van der Waals surface area (Å²) in [6, 6.07) is 7.22. The fraction of sp³-hybridized carbons (Fsp3) is 0.0714. The Kier molecular flexibility index (Phi) is 5.53. The fourth-order valence-corrected chi connectivity index (χ4v) is 2.18. The van der Waals surface area contributed by atoms with Crippen LogP contribution in [0.1, 0.15) is 10.4 Å². The van der Waals surface area contributed by atoms with Gasteiger partial charge in [-0.1, -0.05) is 23.2 Å². The summed E-state index contributed by atoms with van der Waals surface area (Å²) in [5, 5.41) is 13.0. The van der Waals surface area contributed by atoms with E-state index in [0.29, 0.717) is 0 Å². The Labute approximate surface area is 144 Å². The molecule has 0 aliphatic rings. The number of nitrogens with one attached hydrogen (secondary N) is 1. The van der Waals surface area contributed by atoms with Crippen molar-refractivity contribution in [3.63, 3.8) is 0 Å². The monoisotopic (exact) mass is 376 g/mol. The molecule has 24 heavy (non-hydrogen) atoms. The maximum absolute atomic E-state index is 12.2. The number of ether oxygens (including phenoxy) is 1. The number of carbonyl (C=O) groups is 1. The molecular weight excluding hydrogens is 369 g/mol. The summed E-state index contributed by atoms with van der Waals surface area (Å²) in [4.78, 5) is 22.2. The van der Waals surface area contributed by atoms with Crippen LogP contribution in [-0.2, 0) is 0 Å². The number of nitrogens with zero attached hydrogens (tertiary/aromatic N) is 1. The predicted octanol–water partition coefficient (Wildman–Crippen LogP) is 4.76. The molecule has 0 heterocycles. The van der Waals surface area contributed by atoms with E-state index in [-0.39, 0.29) is 27.0 Å². The molecule has 0 saturated carbocycles. The van der Waals surface area contributed by atoms with Gasteiger partial charge in [0.2, 0.25) is 0 Å². The lowest BCUT2D eigenvalue weighted by molar-refractivity contribution is -0.384. The molecule has 0 atom stereocenters. The molecule has 2 aromatic rings. The summed E-state index contributed by atoms with van der Waals surface area (Å²) in [5.41, 5.74) is -0.220. The first kappa shape index (κ1) is 17.9. The zero-order valence-corrected chi connectivity index (χ0v) is 13.1. The summed E-state index contributed by atoms with van der Waals surface area (Å²) >= 11 is 11.4. The molecule has 6 nitrogen and oxygen atoms in total. The van der Waals surface area contributed by atoms with Gasteiger partial charge in [0.15, 0.2) is 0 Å². The molecule has 10 heteroatoms. The number of nitro groups is 1. The van der Waals surface area contributed by atoms with E-state index >= 15 is 0 Å². The standard InChI is InChI=1S/C14H8Cl2F2N2O4/c15-9-3-1-7(5-11(9)20(22)23)13(21)19-8-2-4-12(10(16)6-8)24-14(17)18/h1-6,14H,(H,19,21). The first-order valence-corrected chi connectivity index (χ1v) is 7.03. The number of rotatable bonds is 5. The topological polar surface area (TPSA) is 81.5 Å². The van der Waals surface area contributed by atoms with Crippen molar-refractivity contribution < 1.29 is 23.2 Å². The first-order valence-electron chi connectivity index (χ1n) is 6.27. The molecule has 0 saturated heterocycles. The second-order valence-corrected chi connectivity index (χ2v) is 5.22. The number of benzene rings is 2. The van der Waals surface area contributed by atoms with Crippen LogP contribution in [0.4, 0.5) is 20.2 Å². The molecule has 0 aromatic heterocycles. The predicted molar refractivity (Wildman–Crippen MR) is 84.1 cm³/mol. The van der Waals surface area contributed by atoms with Gasteiger partial charge in [0.25, 0.3) is 11.6 Å². The van der Waals surface area contributed by atoms with Gasteiger partial charge in [-0.3, -0.25) is 14.9 Å². The number of carbonyl (C=O) groups excluding carboxylic acids is 1. The minimum absolute atomic E-state index is 0.00451. The van der Waals surface area contributed by atoms with Gasteiger partial charge in [-0.2, -0.15) is 8.78 Å². The SMILES string of the molecule is O=C(Nc1ccc(OC(F)F)c(Cl)c1)c1ccc(Cl)c([N+](=O)[O-])c1. The maximum atomic E-state index is 12.2. The van der Waals surface area contributed by atoms with Crippen molar-refractivity contribution in [1.82, 2.24) is 0 Å². The highest BCUT2D eigenvalue weighted by molar-refractivity contribution is 6.33. The van der Waals surface area contributed by atoms with E-state index in [2.05, 4.69) is 10.1 Å². The molecule has 2 aromatic carbocycles. The van der Waals surface area contributed by atoms with E-state index in [1.165, 1.54) is 24.3 Å². The smallest absolute Gasteiger partial charge is 0.387 e. The molecule has 126 valence electrons. The molecule has 0 unspecified atom stereocenters. The zero-order chi connectivity index (χ0) is 17.9. The third kappa shape index (κ3) is 4.30. The molecule has 0 fully saturated rings. The number of anilines is 1. The minimum Gasteiger partial charge on any atom is -0.433 e. The maximum Gasteiger partial charge on any atom is 0.387 e.